The SMILES string of the molecule is O=C(O)C1CCN1C(=O)c1ccc(CN2CCCCC2)cc1. The molecule has 0 aromatic heterocycles. The Kier molecular flexibility index (Phi) is 4.43. The minimum atomic E-state index is -0.915. The van der Waals surface area contributed by atoms with E-state index in [1.807, 2.05) is 24.3 Å². The Morgan fingerprint density at radius 2 is 1.73 bits per heavy atom. The molecule has 0 saturated carbocycles. The van der Waals surface area contributed by atoms with Crippen LogP contribution in [0.4, 0.5) is 0 Å². The number of carbonyl (C=O) groups excluding carboxylic acids is 1. The Morgan fingerprint density at radius 3 is 2.27 bits per heavy atom. The molecule has 5 heteroatoms. The Morgan fingerprint density at radius 1 is 1.05 bits per heavy atom. The maximum absolute atomic E-state index is 12.3. The van der Waals surface area contributed by atoms with Crippen LogP contribution in [0.5, 0.6) is 0 Å². The van der Waals surface area contributed by atoms with Crippen LogP contribution in [-0.4, -0.2) is 52.5 Å². The van der Waals surface area contributed by atoms with Gasteiger partial charge in [0.2, 0.25) is 0 Å². The molecule has 1 aromatic carbocycles. The van der Waals surface area contributed by atoms with E-state index in [9.17, 15) is 9.59 Å². The zero-order valence-electron chi connectivity index (χ0n) is 12.7. The van der Waals surface area contributed by atoms with Gasteiger partial charge in [-0.1, -0.05) is 18.6 Å². The normalized spacial score (nSPS) is 22.2. The number of piperidine rings is 1. The summed E-state index contributed by atoms with van der Waals surface area (Å²) in [5.41, 5.74) is 1.78. The minimum Gasteiger partial charge on any atom is -0.480 e. The van der Waals surface area contributed by atoms with Crippen LogP contribution in [0.3, 0.4) is 0 Å². The Labute approximate surface area is 130 Å². The van der Waals surface area contributed by atoms with Crippen LogP contribution < -0.4 is 0 Å². The quantitative estimate of drug-likeness (QED) is 0.924. The number of aliphatic carboxylic acids is 1. The van der Waals surface area contributed by atoms with Crippen LogP contribution in [0.25, 0.3) is 0 Å². The van der Waals surface area contributed by atoms with E-state index in [0.29, 0.717) is 18.5 Å². The zero-order valence-corrected chi connectivity index (χ0v) is 12.7. The Balaban J connectivity index is 1.61. The molecule has 3 rings (SSSR count). The van der Waals surface area contributed by atoms with Gasteiger partial charge in [-0.15, -0.1) is 0 Å². The molecule has 1 N–H and O–H groups in total. The van der Waals surface area contributed by atoms with E-state index in [0.717, 1.165) is 19.6 Å². The minimum absolute atomic E-state index is 0.178. The number of likely N-dealkylation sites (tertiary alicyclic amines) is 2. The molecule has 1 amide bonds. The molecule has 2 aliphatic heterocycles. The highest BCUT2D eigenvalue weighted by molar-refractivity contribution is 5.97. The molecule has 1 atom stereocenters. The molecule has 2 heterocycles. The second-order valence-corrected chi connectivity index (χ2v) is 6.17. The van der Waals surface area contributed by atoms with Crippen LogP contribution in [0.1, 0.15) is 41.6 Å². The molecule has 0 bridgehead atoms. The molecule has 0 spiro atoms. The van der Waals surface area contributed by atoms with Crippen molar-refractivity contribution in [1.29, 1.82) is 0 Å². The Hall–Kier alpha value is -1.88. The summed E-state index contributed by atoms with van der Waals surface area (Å²) in [7, 11) is 0. The largest absolute Gasteiger partial charge is 0.480 e. The predicted molar refractivity (Wildman–Crippen MR) is 82.6 cm³/mol. The van der Waals surface area contributed by atoms with Crippen molar-refractivity contribution in [2.45, 2.75) is 38.3 Å². The second kappa shape index (κ2) is 6.48. The van der Waals surface area contributed by atoms with Gasteiger partial charge in [-0.3, -0.25) is 9.69 Å². The summed E-state index contributed by atoms with van der Waals surface area (Å²) < 4.78 is 0. The van der Waals surface area contributed by atoms with E-state index in [2.05, 4.69) is 4.90 Å². The highest BCUT2D eigenvalue weighted by Crippen LogP contribution is 2.21. The summed E-state index contributed by atoms with van der Waals surface area (Å²) in [6.45, 7) is 3.75. The van der Waals surface area contributed by atoms with Gasteiger partial charge in [-0.25, -0.2) is 4.79 Å². The van der Waals surface area contributed by atoms with Crippen molar-refractivity contribution < 1.29 is 14.7 Å². The smallest absolute Gasteiger partial charge is 0.326 e. The maximum atomic E-state index is 12.3. The third-order valence-electron chi connectivity index (χ3n) is 4.62. The number of amides is 1. The molecular weight excluding hydrogens is 280 g/mol. The van der Waals surface area contributed by atoms with Crippen LogP contribution in [-0.2, 0) is 11.3 Å². The van der Waals surface area contributed by atoms with Gasteiger partial charge in [-0.05, 0) is 50.0 Å². The molecular formula is C17H22N2O3. The fourth-order valence-electron chi connectivity index (χ4n) is 3.18. The summed E-state index contributed by atoms with van der Waals surface area (Å²) in [5.74, 6) is -1.09. The lowest BCUT2D eigenvalue weighted by atomic mass is 10.0. The Bertz CT molecular complexity index is 550. The average molecular weight is 302 g/mol. The number of hydrogen-bond acceptors (Lipinski definition) is 3. The first-order chi connectivity index (χ1) is 10.6. The molecule has 2 aliphatic rings. The van der Waals surface area contributed by atoms with Gasteiger partial charge in [0, 0.05) is 18.7 Å². The van der Waals surface area contributed by atoms with Crippen LogP contribution >= 0.6 is 0 Å². The molecule has 1 unspecified atom stereocenters. The molecule has 2 fully saturated rings. The number of carbonyl (C=O) groups is 2. The predicted octanol–water partition coefficient (Wildman–Crippen LogP) is 1.97. The van der Waals surface area contributed by atoms with Crippen molar-refractivity contribution in [2.24, 2.45) is 0 Å². The van der Waals surface area contributed by atoms with Gasteiger partial charge >= 0.3 is 5.97 Å². The first kappa shape index (κ1) is 15.0. The standard InChI is InChI=1S/C17H22N2O3/c20-16(19-11-8-15(19)17(21)22)14-6-4-13(5-7-14)12-18-9-2-1-3-10-18/h4-7,15H,1-3,8-12H2,(H,21,22). The number of nitrogens with zero attached hydrogens (tertiary/aromatic N) is 2. The fraction of sp³-hybridized carbons (Fsp3) is 0.529. The molecule has 22 heavy (non-hydrogen) atoms. The summed E-state index contributed by atoms with van der Waals surface area (Å²) in [4.78, 5) is 27.2. The van der Waals surface area contributed by atoms with Gasteiger partial charge in [-0.2, -0.15) is 0 Å². The lowest BCUT2D eigenvalue weighted by molar-refractivity contribution is -0.146. The third-order valence-corrected chi connectivity index (χ3v) is 4.62. The van der Waals surface area contributed by atoms with Crippen molar-refractivity contribution in [1.82, 2.24) is 9.80 Å². The molecule has 0 aliphatic carbocycles. The van der Waals surface area contributed by atoms with E-state index < -0.39 is 12.0 Å². The van der Waals surface area contributed by atoms with E-state index in [4.69, 9.17) is 5.11 Å². The van der Waals surface area contributed by atoms with Crippen LogP contribution in [0.15, 0.2) is 24.3 Å². The monoisotopic (exact) mass is 302 g/mol. The lowest BCUT2D eigenvalue weighted by Gasteiger charge is -2.38. The molecule has 118 valence electrons. The molecule has 2 saturated heterocycles. The summed E-state index contributed by atoms with van der Waals surface area (Å²) in [5, 5.41) is 9.03. The van der Waals surface area contributed by atoms with Gasteiger partial charge in [0.1, 0.15) is 6.04 Å². The lowest BCUT2D eigenvalue weighted by Crippen LogP contribution is -2.55. The number of hydrogen-bond donors (Lipinski definition) is 1. The van der Waals surface area contributed by atoms with E-state index in [1.54, 1.807) is 0 Å². The average Bonchev–Trinajstić information content (AvgIpc) is 2.47. The van der Waals surface area contributed by atoms with Gasteiger partial charge < -0.3 is 10.0 Å². The van der Waals surface area contributed by atoms with E-state index in [-0.39, 0.29) is 5.91 Å². The molecule has 1 aromatic rings. The first-order valence-electron chi connectivity index (χ1n) is 8.00. The number of benzene rings is 1. The van der Waals surface area contributed by atoms with E-state index in [1.165, 1.54) is 29.7 Å². The van der Waals surface area contributed by atoms with Crippen molar-refractivity contribution in [2.75, 3.05) is 19.6 Å². The highest BCUT2D eigenvalue weighted by atomic mass is 16.4. The van der Waals surface area contributed by atoms with Crippen molar-refractivity contribution in [3.05, 3.63) is 35.4 Å². The number of carboxylic acid groups (broad SMARTS) is 1. The number of carboxylic acids is 1. The van der Waals surface area contributed by atoms with E-state index >= 15 is 0 Å². The summed E-state index contributed by atoms with van der Waals surface area (Å²) in [6.07, 6.45) is 4.41. The highest BCUT2D eigenvalue weighted by Gasteiger charge is 2.37. The van der Waals surface area contributed by atoms with Crippen molar-refractivity contribution >= 4 is 11.9 Å². The first-order valence-corrected chi connectivity index (χ1v) is 8.00. The molecule has 0 radical (unpaired) electrons. The maximum Gasteiger partial charge on any atom is 0.326 e. The summed E-state index contributed by atoms with van der Waals surface area (Å²) in [6, 6.07) is 6.95. The molecule has 5 nitrogen and oxygen atoms in total. The summed E-state index contributed by atoms with van der Waals surface area (Å²) >= 11 is 0. The van der Waals surface area contributed by atoms with Crippen molar-refractivity contribution in [3.63, 3.8) is 0 Å². The third kappa shape index (κ3) is 3.14. The van der Waals surface area contributed by atoms with Gasteiger partial charge in [0.15, 0.2) is 0 Å². The van der Waals surface area contributed by atoms with Gasteiger partial charge in [0.25, 0.3) is 5.91 Å². The van der Waals surface area contributed by atoms with Gasteiger partial charge in [0.05, 0.1) is 0 Å². The topological polar surface area (TPSA) is 60.9 Å². The van der Waals surface area contributed by atoms with Crippen LogP contribution in [0, 0.1) is 0 Å². The fourth-order valence-corrected chi connectivity index (χ4v) is 3.18. The number of rotatable bonds is 4. The zero-order chi connectivity index (χ0) is 15.5. The van der Waals surface area contributed by atoms with Crippen molar-refractivity contribution in [3.8, 4) is 0 Å². The second-order valence-electron chi connectivity index (χ2n) is 6.17. The van der Waals surface area contributed by atoms with Crippen LogP contribution in [0.2, 0.25) is 0 Å².